The summed E-state index contributed by atoms with van der Waals surface area (Å²) in [5.41, 5.74) is 1.52. The van der Waals surface area contributed by atoms with E-state index in [4.69, 9.17) is 0 Å². The molecule has 1 aromatic rings. The zero-order valence-electron chi connectivity index (χ0n) is 10.4. The minimum atomic E-state index is 0.583. The van der Waals surface area contributed by atoms with Gasteiger partial charge in [-0.25, -0.2) is 0 Å². The molecule has 0 bridgehead atoms. The normalized spacial score (nSPS) is 20.6. The van der Waals surface area contributed by atoms with Gasteiger partial charge in [-0.05, 0) is 24.0 Å². The lowest BCUT2D eigenvalue weighted by atomic mass is 10.1. The molecule has 1 heterocycles. The van der Waals surface area contributed by atoms with Crippen molar-refractivity contribution < 1.29 is 0 Å². The fourth-order valence-electron chi connectivity index (χ4n) is 2.12. The van der Waals surface area contributed by atoms with Crippen molar-refractivity contribution in [3.63, 3.8) is 0 Å². The number of thioether (sulfide) groups is 1. The molecule has 3 heteroatoms. The van der Waals surface area contributed by atoms with Crippen LogP contribution in [0.2, 0.25) is 0 Å². The van der Waals surface area contributed by atoms with E-state index in [0.717, 1.165) is 11.9 Å². The van der Waals surface area contributed by atoms with E-state index >= 15 is 0 Å². The number of fused-ring (bicyclic) bond motifs is 1. The SMILES string of the molecule is CC(C)C(CBr)NCC1Cc2ccccc2S1. The second-order valence-corrected chi connectivity index (χ2v) is 6.95. The lowest BCUT2D eigenvalue weighted by Crippen LogP contribution is -2.39. The predicted octanol–water partition coefficient (Wildman–Crippen LogP) is 3.71. The second-order valence-electron chi connectivity index (χ2n) is 4.96. The number of halogens is 1. The van der Waals surface area contributed by atoms with Crippen molar-refractivity contribution in [3.05, 3.63) is 29.8 Å². The molecule has 2 rings (SSSR count). The van der Waals surface area contributed by atoms with E-state index in [1.165, 1.54) is 16.9 Å². The van der Waals surface area contributed by atoms with E-state index in [-0.39, 0.29) is 0 Å². The maximum atomic E-state index is 3.68. The van der Waals surface area contributed by atoms with Crippen LogP contribution in [0.5, 0.6) is 0 Å². The van der Waals surface area contributed by atoms with Crippen LogP contribution in [-0.2, 0) is 6.42 Å². The highest BCUT2D eigenvalue weighted by Gasteiger charge is 2.22. The summed E-state index contributed by atoms with van der Waals surface area (Å²) < 4.78 is 0. The quantitative estimate of drug-likeness (QED) is 0.832. The van der Waals surface area contributed by atoms with Crippen molar-refractivity contribution in [1.82, 2.24) is 5.32 Å². The van der Waals surface area contributed by atoms with Crippen LogP contribution in [0.3, 0.4) is 0 Å². The molecule has 1 nitrogen and oxygen atoms in total. The summed E-state index contributed by atoms with van der Waals surface area (Å²) >= 11 is 5.61. The molecule has 0 radical (unpaired) electrons. The van der Waals surface area contributed by atoms with Gasteiger partial charge in [0, 0.05) is 28.1 Å². The molecule has 0 spiro atoms. The van der Waals surface area contributed by atoms with Gasteiger partial charge in [0.2, 0.25) is 0 Å². The molecule has 2 unspecified atom stereocenters. The van der Waals surface area contributed by atoms with Crippen molar-refractivity contribution in [1.29, 1.82) is 0 Å². The van der Waals surface area contributed by atoms with E-state index in [9.17, 15) is 0 Å². The van der Waals surface area contributed by atoms with Crippen LogP contribution < -0.4 is 5.32 Å². The van der Waals surface area contributed by atoms with Crippen molar-refractivity contribution in [2.45, 2.75) is 36.5 Å². The molecule has 94 valence electrons. The standard InChI is InChI=1S/C14H20BrNS/c1-10(2)13(8-15)16-9-12-7-11-5-3-4-6-14(11)17-12/h3-6,10,12-13,16H,7-9H2,1-2H3. The van der Waals surface area contributed by atoms with Crippen LogP contribution in [-0.4, -0.2) is 23.2 Å². The Morgan fingerprint density at radius 3 is 2.82 bits per heavy atom. The van der Waals surface area contributed by atoms with Crippen molar-refractivity contribution in [2.75, 3.05) is 11.9 Å². The van der Waals surface area contributed by atoms with Crippen molar-refractivity contribution in [2.24, 2.45) is 5.92 Å². The zero-order valence-corrected chi connectivity index (χ0v) is 12.9. The topological polar surface area (TPSA) is 12.0 Å². The molecule has 0 aliphatic carbocycles. The van der Waals surface area contributed by atoms with E-state index in [2.05, 4.69) is 59.4 Å². The van der Waals surface area contributed by atoms with Crippen LogP contribution in [0.15, 0.2) is 29.2 Å². The molecule has 0 saturated carbocycles. The summed E-state index contributed by atoms with van der Waals surface area (Å²) in [5, 5.41) is 5.42. The summed E-state index contributed by atoms with van der Waals surface area (Å²) in [7, 11) is 0. The molecule has 1 aliphatic rings. The van der Waals surface area contributed by atoms with E-state index in [1.807, 2.05) is 11.8 Å². The maximum absolute atomic E-state index is 3.68. The number of benzene rings is 1. The van der Waals surface area contributed by atoms with Gasteiger partial charge in [0.15, 0.2) is 0 Å². The highest BCUT2D eigenvalue weighted by Crippen LogP contribution is 2.36. The van der Waals surface area contributed by atoms with E-state index in [1.54, 1.807) is 0 Å². The average Bonchev–Trinajstić information content (AvgIpc) is 2.71. The summed E-state index contributed by atoms with van der Waals surface area (Å²) in [6.45, 7) is 5.65. The molecule has 0 fully saturated rings. The third-order valence-corrected chi connectivity index (χ3v) is 5.31. The molecule has 2 atom stereocenters. The zero-order chi connectivity index (χ0) is 12.3. The Morgan fingerprint density at radius 1 is 1.41 bits per heavy atom. The highest BCUT2D eigenvalue weighted by molar-refractivity contribution is 9.09. The van der Waals surface area contributed by atoms with Crippen LogP contribution >= 0.6 is 27.7 Å². The summed E-state index contributed by atoms with van der Waals surface area (Å²) in [6.07, 6.45) is 1.21. The molecule has 0 saturated heterocycles. The van der Waals surface area contributed by atoms with Gasteiger partial charge in [0.05, 0.1) is 0 Å². The minimum Gasteiger partial charge on any atom is -0.312 e. The number of nitrogens with one attached hydrogen (secondary N) is 1. The third-order valence-electron chi connectivity index (χ3n) is 3.29. The van der Waals surface area contributed by atoms with Gasteiger partial charge >= 0.3 is 0 Å². The summed E-state index contributed by atoms with van der Waals surface area (Å²) in [4.78, 5) is 1.47. The molecule has 1 aliphatic heterocycles. The Morgan fingerprint density at radius 2 is 2.18 bits per heavy atom. The third kappa shape index (κ3) is 3.49. The fourth-order valence-corrected chi connectivity index (χ4v) is 4.36. The predicted molar refractivity (Wildman–Crippen MR) is 80.2 cm³/mol. The maximum Gasteiger partial charge on any atom is 0.0260 e. The van der Waals surface area contributed by atoms with Gasteiger partial charge in [0.25, 0.3) is 0 Å². The van der Waals surface area contributed by atoms with E-state index < -0.39 is 0 Å². The van der Waals surface area contributed by atoms with Gasteiger partial charge in [-0.2, -0.15) is 0 Å². The molecular formula is C14H20BrNS. The minimum absolute atomic E-state index is 0.583. The molecule has 1 N–H and O–H groups in total. The van der Waals surface area contributed by atoms with Gasteiger partial charge in [-0.15, -0.1) is 11.8 Å². The largest absolute Gasteiger partial charge is 0.312 e. The van der Waals surface area contributed by atoms with Crippen LogP contribution in [0, 0.1) is 5.92 Å². The first kappa shape index (κ1) is 13.4. The molecule has 1 aromatic carbocycles. The summed E-state index contributed by atoms with van der Waals surface area (Å²) in [6, 6.07) is 9.36. The van der Waals surface area contributed by atoms with Gasteiger partial charge in [0.1, 0.15) is 0 Å². The molecule has 0 aromatic heterocycles. The Bertz CT molecular complexity index is 342. The smallest absolute Gasteiger partial charge is 0.0260 e. The monoisotopic (exact) mass is 313 g/mol. The lowest BCUT2D eigenvalue weighted by Gasteiger charge is -2.21. The highest BCUT2D eigenvalue weighted by atomic mass is 79.9. The Kier molecular flexibility index (Phi) is 4.95. The first-order chi connectivity index (χ1) is 8.20. The first-order valence-electron chi connectivity index (χ1n) is 6.24. The van der Waals surface area contributed by atoms with Crippen molar-refractivity contribution >= 4 is 27.7 Å². The number of alkyl halides is 1. The van der Waals surface area contributed by atoms with Gasteiger partial charge < -0.3 is 5.32 Å². The number of rotatable bonds is 5. The molecular weight excluding hydrogens is 294 g/mol. The van der Waals surface area contributed by atoms with Gasteiger partial charge in [-0.1, -0.05) is 48.0 Å². The Hall–Kier alpha value is 0.01000. The van der Waals surface area contributed by atoms with Crippen molar-refractivity contribution in [3.8, 4) is 0 Å². The van der Waals surface area contributed by atoms with E-state index in [0.29, 0.717) is 17.2 Å². The van der Waals surface area contributed by atoms with Crippen LogP contribution in [0.1, 0.15) is 19.4 Å². The molecule has 17 heavy (non-hydrogen) atoms. The molecule has 0 amide bonds. The summed E-state index contributed by atoms with van der Waals surface area (Å²) in [5.74, 6) is 0.683. The average molecular weight is 314 g/mol. The van der Waals surface area contributed by atoms with Gasteiger partial charge in [-0.3, -0.25) is 0 Å². The second kappa shape index (κ2) is 6.26. The first-order valence-corrected chi connectivity index (χ1v) is 8.24. The van der Waals surface area contributed by atoms with Crippen LogP contribution in [0.4, 0.5) is 0 Å². The number of hydrogen-bond donors (Lipinski definition) is 1. The Labute approximate surface area is 117 Å². The van der Waals surface area contributed by atoms with Crippen LogP contribution in [0.25, 0.3) is 0 Å². The Balaban J connectivity index is 1.84. The fraction of sp³-hybridized carbons (Fsp3) is 0.571. The lowest BCUT2D eigenvalue weighted by molar-refractivity contribution is 0.435. The number of hydrogen-bond acceptors (Lipinski definition) is 2.